The average molecular weight is 628 g/mol. The normalized spacial score (nSPS) is 24.7. The van der Waals surface area contributed by atoms with Crippen LogP contribution in [0.4, 0.5) is 10.6 Å². The van der Waals surface area contributed by atoms with Crippen molar-refractivity contribution in [3.8, 4) is 17.0 Å². The van der Waals surface area contributed by atoms with Crippen LogP contribution in [0.5, 0.6) is 5.75 Å². The fourth-order valence-corrected chi connectivity index (χ4v) is 7.65. The largest absolute Gasteiger partial charge is 0.495 e. The Morgan fingerprint density at radius 2 is 1.61 bits per heavy atom. The fraction of sp³-hybridized carbons (Fsp3) is 0.583. The summed E-state index contributed by atoms with van der Waals surface area (Å²) >= 11 is 0. The summed E-state index contributed by atoms with van der Waals surface area (Å²) in [5.74, 6) is 3.39. The molecule has 3 aromatic rings. The second kappa shape index (κ2) is 13.0. The average Bonchev–Trinajstić information content (AvgIpc) is 4.03. The molecule has 4 saturated carbocycles. The Labute approximate surface area is 270 Å². The molecule has 4 fully saturated rings. The molecule has 0 bridgehead atoms. The summed E-state index contributed by atoms with van der Waals surface area (Å²) in [5, 5.41) is 9.84. The highest BCUT2D eigenvalue weighted by Crippen LogP contribution is 2.41. The van der Waals surface area contributed by atoms with Gasteiger partial charge in [0.25, 0.3) is 0 Å². The van der Waals surface area contributed by atoms with Crippen molar-refractivity contribution in [1.82, 2.24) is 19.9 Å². The number of hydrogen-bond acceptors (Lipinski definition) is 7. The van der Waals surface area contributed by atoms with Crippen molar-refractivity contribution in [2.75, 3.05) is 18.6 Å². The van der Waals surface area contributed by atoms with Crippen LogP contribution in [0, 0.1) is 18.8 Å². The van der Waals surface area contributed by atoms with Crippen LogP contribution in [-0.4, -0.2) is 62.7 Å². The first-order valence-electron chi connectivity index (χ1n) is 17.1. The number of carbonyl (C=O) groups is 2. The molecule has 7 rings (SSSR count). The molecule has 10 heteroatoms. The van der Waals surface area contributed by atoms with Gasteiger partial charge in [0, 0.05) is 53.8 Å². The van der Waals surface area contributed by atoms with Gasteiger partial charge in [0.1, 0.15) is 23.5 Å². The van der Waals surface area contributed by atoms with Crippen LogP contribution in [0.15, 0.2) is 41.1 Å². The Morgan fingerprint density at radius 1 is 0.913 bits per heavy atom. The van der Waals surface area contributed by atoms with Gasteiger partial charge in [-0.2, -0.15) is 0 Å². The molecule has 0 aromatic carbocycles. The summed E-state index contributed by atoms with van der Waals surface area (Å²) in [5.41, 5.74) is 3.71. The Balaban J connectivity index is 1.07. The van der Waals surface area contributed by atoms with Crippen molar-refractivity contribution in [3.05, 3.63) is 54.0 Å². The minimum absolute atomic E-state index is 0.00209. The monoisotopic (exact) mass is 627 g/mol. The highest BCUT2D eigenvalue weighted by molar-refractivity contribution is 5.94. The summed E-state index contributed by atoms with van der Waals surface area (Å²) in [6.07, 6.45) is 13.7. The number of pyridine rings is 2. The number of amides is 2. The second-order valence-electron chi connectivity index (χ2n) is 13.9. The smallest absolute Gasteiger partial charge is 0.407 e. The molecule has 0 unspecified atom stereocenters. The van der Waals surface area contributed by atoms with Gasteiger partial charge in [-0.15, -0.1) is 0 Å². The van der Waals surface area contributed by atoms with E-state index in [4.69, 9.17) is 24.1 Å². The second-order valence-corrected chi connectivity index (χ2v) is 13.9. The summed E-state index contributed by atoms with van der Waals surface area (Å²) in [4.78, 5) is 44.2. The van der Waals surface area contributed by atoms with Crippen LogP contribution in [-0.2, 0) is 4.79 Å². The van der Waals surface area contributed by atoms with Gasteiger partial charge in [0.05, 0.1) is 12.8 Å². The van der Waals surface area contributed by atoms with Crippen molar-refractivity contribution >= 4 is 17.8 Å². The van der Waals surface area contributed by atoms with E-state index in [0.29, 0.717) is 43.0 Å². The number of oxazole rings is 1. The lowest BCUT2D eigenvalue weighted by Crippen LogP contribution is -2.46. The molecule has 1 N–H and O–H groups in total. The molecule has 3 aromatic heterocycles. The Bertz CT molecular complexity index is 1550. The molecule has 0 radical (unpaired) electrons. The van der Waals surface area contributed by atoms with E-state index in [-0.39, 0.29) is 23.9 Å². The fourth-order valence-electron chi connectivity index (χ4n) is 7.65. The molecule has 3 heterocycles. The number of rotatable bonds is 10. The van der Waals surface area contributed by atoms with Crippen LogP contribution in [0.25, 0.3) is 11.3 Å². The summed E-state index contributed by atoms with van der Waals surface area (Å²) in [7, 11) is 1.67. The maximum absolute atomic E-state index is 14.4. The third-order valence-electron chi connectivity index (χ3n) is 10.6. The van der Waals surface area contributed by atoms with E-state index in [1.807, 2.05) is 30.0 Å². The van der Waals surface area contributed by atoms with Crippen molar-refractivity contribution < 1.29 is 23.8 Å². The first-order valence-corrected chi connectivity index (χ1v) is 17.1. The highest BCUT2D eigenvalue weighted by Gasteiger charge is 2.41. The Morgan fingerprint density at radius 3 is 2.24 bits per heavy atom. The topological polar surface area (TPSA) is 122 Å². The van der Waals surface area contributed by atoms with Crippen LogP contribution in [0.1, 0.15) is 106 Å². The molecule has 4 aliphatic rings. The lowest BCUT2D eigenvalue weighted by molar-refractivity contribution is -0.123. The number of ether oxygens (including phenoxy) is 1. The van der Waals surface area contributed by atoms with Crippen molar-refractivity contribution in [3.63, 3.8) is 0 Å². The third-order valence-corrected chi connectivity index (χ3v) is 10.6. The van der Waals surface area contributed by atoms with E-state index >= 15 is 0 Å². The van der Waals surface area contributed by atoms with Gasteiger partial charge >= 0.3 is 6.09 Å². The van der Waals surface area contributed by atoms with Crippen LogP contribution >= 0.6 is 0 Å². The molecule has 244 valence electrons. The number of aromatic nitrogens is 3. The van der Waals surface area contributed by atoms with E-state index < -0.39 is 6.09 Å². The summed E-state index contributed by atoms with van der Waals surface area (Å²) in [6.45, 7) is 2.61. The van der Waals surface area contributed by atoms with Gasteiger partial charge in [-0.3, -0.25) is 14.7 Å². The molecule has 2 amide bonds. The zero-order valence-corrected chi connectivity index (χ0v) is 26.9. The molecule has 0 saturated heterocycles. The van der Waals surface area contributed by atoms with Crippen LogP contribution in [0.3, 0.4) is 0 Å². The van der Waals surface area contributed by atoms with Crippen molar-refractivity contribution in [2.45, 2.75) is 108 Å². The van der Waals surface area contributed by atoms with Gasteiger partial charge in [-0.25, -0.2) is 14.8 Å². The lowest BCUT2D eigenvalue weighted by atomic mass is 9.79. The quantitative estimate of drug-likeness (QED) is 0.248. The first kappa shape index (κ1) is 30.7. The molecular weight excluding hydrogens is 582 g/mol. The van der Waals surface area contributed by atoms with Gasteiger partial charge in [0.2, 0.25) is 5.91 Å². The van der Waals surface area contributed by atoms with E-state index in [1.54, 1.807) is 24.5 Å². The number of nitrogens with zero attached hydrogens (tertiary/aromatic N) is 5. The molecular formula is C36H45N5O5. The summed E-state index contributed by atoms with van der Waals surface area (Å²) < 4.78 is 11.2. The molecule has 46 heavy (non-hydrogen) atoms. The minimum atomic E-state index is -0.826. The Kier molecular flexibility index (Phi) is 8.70. The van der Waals surface area contributed by atoms with E-state index in [2.05, 4.69) is 6.07 Å². The van der Waals surface area contributed by atoms with Crippen LogP contribution < -0.4 is 9.64 Å². The highest BCUT2D eigenvalue weighted by atomic mass is 16.5. The van der Waals surface area contributed by atoms with E-state index in [9.17, 15) is 14.7 Å². The van der Waals surface area contributed by atoms with E-state index in [1.165, 1.54) is 0 Å². The molecule has 0 aliphatic heterocycles. The first-order chi connectivity index (χ1) is 22.4. The zero-order chi connectivity index (χ0) is 31.8. The molecule has 0 atom stereocenters. The number of hydrogen-bond donors (Lipinski definition) is 1. The Hall–Kier alpha value is -3.95. The molecule has 10 nitrogen and oxygen atoms in total. The molecule has 4 aliphatic carbocycles. The maximum Gasteiger partial charge on any atom is 0.407 e. The van der Waals surface area contributed by atoms with Gasteiger partial charge < -0.3 is 19.2 Å². The number of carbonyl (C=O) groups excluding carboxylic acids is 1. The summed E-state index contributed by atoms with van der Waals surface area (Å²) in [6, 6.07) is 8.17. The predicted molar refractivity (Wildman–Crippen MR) is 173 cm³/mol. The number of carboxylic acid groups (broad SMARTS) is 1. The number of aryl methyl sites for hydroxylation is 1. The zero-order valence-electron chi connectivity index (χ0n) is 26.9. The van der Waals surface area contributed by atoms with Crippen molar-refractivity contribution in [2.24, 2.45) is 11.8 Å². The van der Waals surface area contributed by atoms with Crippen LogP contribution in [0.2, 0.25) is 0 Å². The number of anilines is 1. The van der Waals surface area contributed by atoms with Gasteiger partial charge in [-0.05, 0) is 114 Å². The predicted octanol–water partition coefficient (Wildman–Crippen LogP) is 7.33. The number of methoxy groups -OCH3 is 1. The minimum Gasteiger partial charge on any atom is -0.495 e. The SMILES string of the molecule is COc1ccc([C@H]2CC[C@H](CN(c3cc(-c4coc(C5CC5)n4)ccn3)C(=O)[C@H]3CC[C@H](N(C(=O)O)C4CC4)CC3)CC2)nc1C. The van der Waals surface area contributed by atoms with Crippen molar-refractivity contribution in [1.29, 1.82) is 0 Å². The standard InChI is InChI=1S/C36H45N5O5/c1-22-32(45-2)16-15-30(38-22)24-5-3-23(4-6-24)20-40(33-19-27(17-18-37-33)31-21-46-34(39-31)25-7-8-25)35(42)26-9-11-28(12-10-26)41(36(43)44)29-13-14-29/h15-19,21,23-26,28-29H,3-14,20H2,1-2H3,(H,43,44)/t23-,24-,26-,28-. The lowest BCUT2D eigenvalue weighted by Gasteiger charge is -2.38. The van der Waals surface area contributed by atoms with E-state index in [0.717, 1.165) is 98.5 Å². The van der Waals surface area contributed by atoms with Gasteiger partial charge in [0.15, 0.2) is 5.89 Å². The van der Waals surface area contributed by atoms with Gasteiger partial charge in [-0.1, -0.05) is 0 Å². The maximum atomic E-state index is 14.4. The molecule has 0 spiro atoms. The third kappa shape index (κ3) is 6.62.